The topological polar surface area (TPSA) is 95.9 Å². The maximum atomic E-state index is 12.2. The molecule has 0 fully saturated rings. The van der Waals surface area contributed by atoms with Gasteiger partial charge >= 0.3 is 5.97 Å². The number of hydrogen-bond donors (Lipinski definition) is 3. The lowest BCUT2D eigenvalue weighted by Crippen LogP contribution is -2.37. The fourth-order valence-corrected chi connectivity index (χ4v) is 2.62. The molecule has 2 aromatic rings. The molecular weight excluding hydrogens is 358 g/mol. The number of aliphatic hydroxyl groups excluding tert-OH is 1. The Kier molecular flexibility index (Phi) is 7.00. The Morgan fingerprint density at radius 2 is 1.88 bits per heavy atom. The Labute approximate surface area is 156 Å². The van der Waals surface area contributed by atoms with E-state index >= 15 is 0 Å². The van der Waals surface area contributed by atoms with Crippen LogP contribution in [0.5, 0.6) is 5.75 Å². The zero-order valence-corrected chi connectivity index (χ0v) is 14.9. The lowest BCUT2D eigenvalue weighted by Gasteiger charge is -2.17. The van der Waals surface area contributed by atoms with E-state index in [0.29, 0.717) is 22.8 Å². The van der Waals surface area contributed by atoms with E-state index in [1.54, 1.807) is 48.5 Å². The van der Waals surface area contributed by atoms with Crippen LogP contribution in [0.25, 0.3) is 0 Å². The molecule has 0 saturated carbocycles. The lowest BCUT2D eigenvalue weighted by molar-refractivity contribution is -0.139. The summed E-state index contributed by atoms with van der Waals surface area (Å²) >= 11 is 5.87. The number of aliphatic carboxylic acids is 1. The van der Waals surface area contributed by atoms with Gasteiger partial charge in [-0.3, -0.25) is 4.79 Å². The third-order valence-electron chi connectivity index (χ3n) is 3.63. The van der Waals surface area contributed by atoms with Crippen molar-refractivity contribution in [1.29, 1.82) is 0 Å². The van der Waals surface area contributed by atoms with Crippen molar-refractivity contribution in [2.75, 3.05) is 6.61 Å². The smallest absolute Gasteiger partial charge is 0.341 e. The summed E-state index contributed by atoms with van der Waals surface area (Å²) in [5.41, 5.74) is 1.37. The van der Waals surface area contributed by atoms with E-state index in [9.17, 15) is 14.7 Å². The first-order valence-electron chi connectivity index (χ1n) is 8.02. The minimum atomic E-state index is -1.29. The predicted molar refractivity (Wildman–Crippen MR) is 97.3 cm³/mol. The minimum absolute atomic E-state index is 0.206. The molecule has 7 heteroatoms. The van der Waals surface area contributed by atoms with Crippen LogP contribution < -0.4 is 10.1 Å². The third kappa shape index (κ3) is 6.06. The molecule has 0 aliphatic heterocycles. The van der Waals surface area contributed by atoms with Gasteiger partial charge in [0, 0.05) is 11.1 Å². The Bertz CT molecular complexity index is 763. The summed E-state index contributed by atoms with van der Waals surface area (Å²) in [6.45, 7) is 1.44. The van der Waals surface area contributed by atoms with E-state index < -0.39 is 24.6 Å². The first-order chi connectivity index (χ1) is 12.3. The second-order valence-electron chi connectivity index (χ2n) is 5.90. The number of carboxylic acid groups (broad SMARTS) is 1. The van der Waals surface area contributed by atoms with Crippen LogP contribution >= 0.6 is 11.6 Å². The average Bonchev–Trinajstić information content (AvgIpc) is 2.60. The fraction of sp³-hybridized carbons (Fsp3) is 0.263. The van der Waals surface area contributed by atoms with Gasteiger partial charge in [0.2, 0.25) is 0 Å². The summed E-state index contributed by atoms with van der Waals surface area (Å²) in [7, 11) is 0. The maximum absolute atomic E-state index is 12.2. The number of aliphatic hydroxyl groups is 1. The molecule has 2 aromatic carbocycles. The number of carbonyl (C=O) groups is 2. The van der Waals surface area contributed by atoms with Gasteiger partial charge in [-0.05, 0) is 48.7 Å². The van der Waals surface area contributed by atoms with Crippen molar-refractivity contribution in [3.8, 4) is 5.75 Å². The van der Waals surface area contributed by atoms with Gasteiger partial charge < -0.3 is 20.3 Å². The third-order valence-corrected chi connectivity index (χ3v) is 3.86. The highest BCUT2D eigenvalue weighted by molar-refractivity contribution is 6.30. The molecule has 0 aromatic heterocycles. The second-order valence-corrected chi connectivity index (χ2v) is 6.33. The molecule has 1 amide bonds. The largest absolute Gasteiger partial charge is 0.482 e. The molecule has 0 heterocycles. The van der Waals surface area contributed by atoms with Gasteiger partial charge in [-0.2, -0.15) is 0 Å². The van der Waals surface area contributed by atoms with Gasteiger partial charge in [0.25, 0.3) is 5.91 Å². The van der Waals surface area contributed by atoms with Gasteiger partial charge in [0.1, 0.15) is 5.75 Å². The van der Waals surface area contributed by atoms with E-state index in [1.807, 2.05) is 6.92 Å². The first kappa shape index (κ1) is 19.8. The standard InChI is InChI=1S/C19H20ClNO5/c1-12(9-13-5-7-16(8-6-13)26-11-17(22)23)21-19(25)18(24)14-3-2-4-15(20)10-14/h2-8,10,12,18,24H,9,11H2,1H3,(H,21,25)(H,22,23). The van der Waals surface area contributed by atoms with Gasteiger partial charge in [-0.25, -0.2) is 4.79 Å². The van der Waals surface area contributed by atoms with Crippen LogP contribution in [0.4, 0.5) is 0 Å². The summed E-state index contributed by atoms with van der Waals surface area (Å²) in [5.74, 6) is -1.07. The van der Waals surface area contributed by atoms with Crippen LogP contribution in [0, 0.1) is 0 Å². The van der Waals surface area contributed by atoms with Crippen LogP contribution in [-0.2, 0) is 16.0 Å². The molecule has 6 nitrogen and oxygen atoms in total. The van der Waals surface area contributed by atoms with Gasteiger partial charge in [0.05, 0.1) is 0 Å². The Balaban J connectivity index is 1.88. The summed E-state index contributed by atoms with van der Waals surface area (Å²) < 4.78 is 5.07. The Morgan fingerprint density at radius 1 is 1.19 bits per heavy atom. The number of nitrogens with one attached hydrogen (secondary N) is 1. The first-order valence-corrected chi connectivity index (χ1v) is 8.40. The summed E-state index contributed by atoms with van der Waals surface area (Å²) in [6.07, 6.45) is -0.740. The van der Waals surface area contributed by atoms with Crippen LogP contribution in [0.3, 0.4) is 0 Å². The predicted octanol–water partition coefficient (Wildman–Crippen LogP) is 2.58. The molecule has 0 bridgehead atoms. The number of ether oxygens (including phenoxy) is 1. The lowest BCUT2D eigenvalue weighted by atomic mass is 10.1. The molecule has 26 heavy (non-hydrogen) atoms. The van der Waals surface area contributed by atoms with E-state index in [4.69, 9.17) is 21.4 Å². The van der Waals surface area contributed by atoms with Crippen molar-refractivity contribution >= 4 is 23.5 Å². The normalized spacial score (nSPS) is 12.9. The molecule has 2 atom stereocenters. The molecule has 2 rings (SSSR count). The highest BCUT2D eigenvalue weighted by Crippen LogP contribution is 2.18. The van der Waals surface area contributed by atoms with E-state index in [0.717, 1.165) is 5.56 Å². The van der Waals surface area contributed by atoms with Crippen LogP contribution in [0.15, 0.2) is 48.5 Å². The minimum Gasteiger partial charge on any atom is -0.482 e. The van der Waals surface area contributed by atoms with Crippen molar-refractivity contribution in [3.63, 3.8) is 0 Å². The SMILES string of the molecule is CC(Cc1ccc(OCC(=O)O)cc1)NC(=O)C(O)c1cccc(Cl)c1. The summed E-state index contributed by atoms with van der Waals surface area (Å²) in [6, 6.07) is 13.3. The summed E-state index contributed by atoms with van der Waals surface area (Å²) in [4.78, 5) is 22.6. The molecule has 138 valence electrons. The number of carboxylic acids is 1. The molecule has 2 unspecified atom stereocenters. The van der Waals surface area contributed by atoms with Gasteiger partial charge in [0.15, 0.2) is 12.7 Å². The number of amides is 1. The van der Waals surface area contributed by atoms with Gasteiger partial charge in [-0.15, -0.1) is 0 Å². The highest BCUT2D eigenvalue weighted by atomic mass is 35.5. The Hall–Kier alpha value is -2.57. The molecular formula is C19H20ClNO5. The molecule has 0 radical (unpaired) electrons. The van der Waals surface area contributed by atoms with Crippen LogP contribution in [0.1, 0.15) is 24.2 Å². The Morgan fingerprint density at radius 3 is 2.50 bits per heavy atom. The van der Waals surface area contributed by atoms with Crippen LogP contribution in [-0.4, -0.2) is 34.7 Å². The zero-order valence-electron chi connectivity index (χ0n) is 14.2. The average molecular weight is 378 g/mol. The van der Waals surface area contributed by atoms with Crippen molar-refractivity contribution in [3.05, 3.63) is 64.7 Å². The zero-order chi connectivity index (χ0) is 19.1. The molecule has 0 aliphatic carbocycles. The van der Waals surface area contributed by atoms with Crippen LogP contribution in [0.2, 0.25) is 5.02 Å². The highest BCUT2D eigenvalue weighted by Gasteiger charge is 2.19. The number of benzene rings is 2. The number of halogens is 1. The van der Waals surface area contributed by atoms with E-state index in [-0.39, 0.29) is 6.04 Å². The van der Waals surface area contributed by atoms with Crippen molar-refractivity contribution in [2.24, 2.45) is 0 Å². The number of hydrogen-bond acceptors (Lipinski definition) is 4. The van der Waals surface area contributed by atoms with Gasteiger partial charge in [-0.1, -0.05) is 35.9 Å². The molecule has 0 aliphatic rings. The fourth-order valence-electron chi connectivity index (χ4n) is 2.42. The number of rotatable bonds is 8. The van der Waals surface area contributed by atoms with Crippen molar-refractivity contribution in [1.82, 2.24) is 5.32 Å². The molecule has 0 spiro atoms. The second kappa shape index (κ2) is 9.22. The summed E-state index contributed by atoms with van der Waals surface area (Å²) in [5, 5.41) is 21.9. The van der Waals surface area contributed by atoms with E-state index in [1.165, 1.54) is 0 Å². The quantitative estimate of drug-likeness (QED) is 0.657. The van der Waals surface area contributed by atoms with Crippen molar-refractivity contribution in [2.45, 2.75) is 25.5 Å². The molecule has 0 saturated heterocycles. The monoisotopic (exact) mass is 377 g/mol. The molecule has 3 N–H and O–H groups in total. The van der Waals surface area contributed by atoms with Crippen molar-refractivity contribution < 1.29 is 24.5 Å². The number of carbonyl (C=O) groups excluding carboxylic acids is 1. The van der Waals surface area contributed by atoms with E-state index in [2.05, 4.69) is 5.32 Å². The maximum Gasteiger partial charge on any atom is 0.341 e.